The topological polar surface area (TPSA) is 95.7 Å². The number of hydrogen-bond acceptors (Lipinski definition) is 4. The van der Waals surface area contributed by atoms with Gasteiger partial charge >= 0.3 is 6.09 Å². The molecule has 0 aliphatic carbocycles. The molecule has 1 aliphatic rings. The Balaban J connectivity index is 1.84. The van der Waals surface area contributed by atoms with Gasteiger partial charge in [-0.3, -0.25) is 10.1 Å². The van der Waals surface area contributed by atoms with E-state index in [2.05, 4.69) is 10.2 Å². The van der Waals surface area contributed by atoms with E-state index in [1.165, 1.54) is 12.1 Å². The minimum Gasteiger partial charge on any atom is -0.465 e. The number of nitrogens with zero attached hydrogens (tertiary/aromatic N) is 2. The van der Waals surface area contributed by atoms with Gasteiger partial charge in [0.2, 0.25) is 0 Å². The van der Waals surface area contributed by atoms with Crippen molar-refractivity contribution in [1.29, 1.82) is 0 Å². The summed E-state index contributed by atoms with van der Waals surface area (Å²) in [6, 6.07) is 6.36. The molecule has 0 saturated carbocycles. The average molecular weight is 251 g/mol. The first-order valence-electron chi connectivity index (χ1n) is 5.52. The van der Waals surface area contributed by atoms with Gasteiger partial charge in [-0.25, -0.2) is 4.79 Å². The lowest BCUT2D eigenvalue weighted by Gasteiger charge is -2.40. The smallest absolute Gasteiger partial charge is 0.404 e. The van der Waals surface area contributed by atoms with E-state index < -0.39 is 11.0 Å². The van der Waals surface area contributed by atoms with Crippen molar-refractivity contribution in [2.75, 3.05) is 24.5 Å². The maximum absolute atomic E-state index is 10.5. The Morgan fingerprint density at radius 2 is 2.06 bits per heavy atom. The molecule has 1 amide bonds. The highest BCUT2D eigenvalue weighted by Gasteiger charge is 2.27. The fourth-order valence-corrected chi connectivity index (χ4v) is 1.93. The van der Waals surface area contributed by atoms with Crippen LogP contribution in [0.15, 0.2) is 24.3 Å². The van der Waals surface area contributed by atoms with Gasteiger partial charge < -0.3 is 15.3 Å². The monoisotopic (exact) mass is 251 g/mol. The molecule has 1 aromatic rings. The zero-order chi connectivity index (χ0) is 13.1. The SMILES string of the molecule is O=C(O)NCC1CN(c2ccc([N+](=O)[O-])cc2)C1. The molecule has 0 radical (unpaired) electrons. The molecule has 7 nitrogen and oxygen atoms in total. The van der Waals surface area contributed by atoms with Crippen molar-refractivity contribution in [2.24, 2.45) is 5.92 Å². The largest absolute Gasteiger partial charge is 0.465 e. The highest BCUT2D eigenvalue weighted by Crippen LogP contribution is 2.26. The molecule has 1 saturated heterocycles. The number of nitrogens with one attached hydrogen (secondary N) is 1. The molecule has 1 heterocycles. The summed E-state index contributed by atoms with van der Waals surface area (Å²) in [7, 11) is 0. The van der Waals surface area contributed by atoms with Crippen LogP contribution in [-0.2, 0) is 0 Å². The molecule has 18 heavy (non-hydrogen) atoms. The molecule has 0 spiro atoms. The normalized spacial score (nSPS) is 15.0. The predicted molar refractivity (Wildman–Crippen MR) is 64.8 cm³/mol. The Kier molecular flexibility index (Phi) is 3.31. The summed E-state index contributed by atoms with van der Waals surface area (Å²) >= 11 is 0. The molecular formula is C11H13N3O4. The Labute approximate surface area is 103 Å². The van der Waals surface area contributed by atoms with Crippen molar-refractivity contribution in [3.8, 4) is 0 Å². The maximum Gasteiger partial charge on any atom is 0.404 e. The van der Waals surface area contributed by atoms with Crippen LogP contribution in [-0.4, -0.2) is 35.8 Å². The van der Waals surface area contributed by atoms with Gasteiger partial charge in [0.1, 0.15) is 0 Å². The highest BCUT2D eigenvalue weighted by atomic mass is 16.6. The first kappa shape index (κ1) is 12.2. The second kappa shape index (κ2) is 4.91. The number of benzene rings is 1. The van der Waals surface area contributed by atoms with Gasteiger partial charge in [0.25, 0.3) is 5.69 Å². The van der Waals surface area contributed by atoms with E-state index in [1.54, 1.807) is 12.1 Å². The van der Waals surface area contributed by atoms with Gasteiger partial charge in [-0.1, -0.05) is 0 Å². The van der Waals surface area contributed by atoms with E-state index >= 15 is 0 Å². The zero-order valence-corrected chi connectivity index (χ0v) is 9.57. The molecule has 2 rings (SSSR count). The Morgan fingerprint density at radius 1 is 1.44 bits per heavy atom. The van der Waals surface area contributed by atoms with E-state index in [9.17, 15) is 14.9 Å². The van der Waals surface area contributed by atoms with E-state index in [1.807, 2.05) is 0 Å². The molecule has 0 atom stereocenters. The van der Waals surface area contributed by atoms with Crippen molar-refractivity contribution in [1.82, 2.24) is 5.32 Å². The lowest BCUT2D eigenvalue weighted by Crippen LogP contribution is -2.51. The second-order valence-electron chi connectivity index (χ2n) is 4.23. The molecule has 1 aliphatic heterocycles. The second-order valence-corrected chi connectivity index (χ2v) is 4.23. The molecule has 0 bridgehead atoms. The van der Waals surface area contributed by atoms with Crippen LogP contribution in [0.2, 0.25) is 0 Å². The summed E-state index contributed by atoms with van der Waals surface area (Å²) in [4.78, 5) is 22.4. The molecule has 1 aromatic carbocycles. The summed E-state index contributed by atoms with van der Waals surface area (Å²) in [5.41, 5.74) is 0.996. The minimum absolute atomic E-state index is 0.0726. The number of hydrogen-bond donors (Lipinski definition) is 2. The Bertz CT molecular complexity index is 454. The van der Waals surface area contributed by atoms with Crippen molar-refractivity contribution in [2.45, 2.75) is 0 Å². The third-order valence-corrected chi connectivity index (χ3v) is 2.92. The molecule has 96 valence electrons. The van der Waals surface area contributed by atoms with E-state index in [0.717, 1.165) is 18.8 Å². The van der Waals surface area contributed by atoms with E-state index in [0.29, 0.717) is 12.5 Å². The van der Waals surface area contributed by atoms with Crippen LogP contribution in [0.3, 0.4) is 0 Å². The maximum atomic E-state index is 10.5. The standard InChI is InChI=1S/C11H13N3O4/c15-11(16)12-5-8-6-13(7-8)9-1-3-10(4-2-9)14(17)18/h1-4,8,12H,5-7H2,(H,15,16). The number of rotatable bonds is 4. The number of anilines is 1. The molecule has 7 heteroatoms. The van der Waals surface area contributed by atoms with Gasteiger partial charge in [0.15, 0.2) is 0 Å². The number of nitro groups is 1. The quantitative estimate of drug-likeness (QED) is 0.621. The molecule has 0 unspecified atom stereocenters. The third-order valence-electron chi connectivity index (χ3n) is 2.92. The summed E-state index contributed by atoms with van der Waals surface area (Å²) < 4.78 is 0. The van der Waals surface area contributed by atoms with Crippen molar-refractivity contribution in [3.05, 3.63) is 34.4 Å². The summed E-state index contributed by atoms with van der Waals surface area (Å²) in [5, 5.41) is 21.3. The van der Waals surface area contributed by atoms with E-state index in [-0.39, 0.29) is 5.69 Å². The van der Waals surface area contributed by atoms with Gasteiger partial charge in [-0.2, -0.15) is 0 Å². The summed E-state index contributed by atoms with van der Waals surface area (Å²) in [5.74, 6) is 0.302. The Morgan fingerprint density at radius 3 is 2.56 bits per heavy atom. The zero-order valence-electron chi connectivity index (χ0n) is 9.57. The van der Waals surface area contributed by atoms with Crippen LogP contribution in [0.4, 0.5) is 16.2 Å². The number of nitro benzene ring substituents is 1. The van der Waals surface area contributed by atoms with Crippen LogP contribution in [0.1, 0.15) is 0 Å². The summed E-state index contributed by atoms with van der Waals surface area (Å²) in [6.45, 7) is 1.97. The number of amides is 1. The molecular weight excluding hydrogens is 238 g/mol. The average Bonchev–Trinajstić information content (AvgIpc) is 2.27. The molecule has 1 fully saturated rings. The molecule has 2 N–H and O–H groups in total. The minimum atomic E-state index is -1.01. The van der Waals surface area contributed by atoms with Gasteiger partial charge in [0, 0.05) is 43.4 Å². The Hall–Kier alpha value is -2.31. The number of carboxylic acid groups (broad SMARTS) is 1. The first-order chi connectivity index (χ1) is 8.56. The van der Waals surface area contributed by atoms with Crippen LogP contribution in [0.5, 0.6) is 0 Å². The van der Waals surface area contributed by atoms with Crippen molar-refractivity contribution in [3.63, 3.8) is 0 Å². The van der Waals surface area contributed by atoms with Gasteiger partial charge in [0.05, 0.1) is 4.92 Å². The third kappa shape index (κ3) is 2.68. The predicted octanol–water partition coefficient (Wildman–Crippen LogP) is 1.30. The number of carbonyl (C=O) groups is 1. The van der Waals surface area contributed by atoms with Crippen LogP contribution in [0, 0.1) is 16.0 Å². The van der Waals surface area contributed by atoms with E-state index in [4.69, 9.17) is 5.11 Å². The fraction of sp³-hybridized carbons (Fsp3) is 0.364. The van der Waals surface area contributed by atoms with Crippen molar-refractivity contribution >= 4 is 17.5 Å². The fourth-order valence-electron chi connectivity index (χ4n) is 1.93. The number of non-ortho nitro benzene ring substituents is 1. The van der Waals surface area contributed by atoms with Crippen LogP contribution in [0.25, 0.3) is 0 Å². The van der Waals surface area contributed by atoms with Crippen LogP contribution < -0.4 is 10.2 Å². The first-order valence-corrected chi connectivity index (χ1v) is 5.52. The summed E-state index contributed by atoms with van der Waals surface area (Å²) in [6.07, 6.45) is -1.01. The van der Waals surface area contributed by atoms with Crippen LogP contribution >= 0.6 is 0 Å². The van der Waals surface area contributed by atoms with Gasteiger partial charge in [-0.05, 0) is 12.1 Å². The molecule has 0 aromatic heterocycles. The van der Waals surface area contributed by atoms with Gasteiger partial charge in [-0.15, -0.1) is 0 Å². The lowest BCUT2D eigenvalue weighted by atomic mass is 9.99. The lowest BCUT2D eigenvalue weighted by molar-refractivity contribution is -0.384. The highest BCUT2D eigenvalue weighted by molar-refractivity contribution is 5.64. The van der Waals surface area contributed by atoms with Crippen molar-refractivity contribution < 1.29 is 14.8 Å².